The smallest absolute Gasteiger partial charge is 0.225 e. The van der Waals surface area contributed by atoms with E-state index in [1.807, 2.05) is 30.3 Å². The van der Waals surface area contributed by atoms with Crippen LogP contribution in [0.2, 0.25) is 0 Å². The second-order valence-corrected chi connectivity index (χ2v) is 6.24. The van der Waals surface area contributed by atoms with E-state index < -0.39 is 0 Å². The number of aromatic nitrogens is 2. The van der Waals surface area contributed by atoms with Crippen LogP contribution in [0.5, 0.6) is 0 Å². The van der Waals surface area contributed by atoms with Gasteiger partial charge in [0.05, 0.1) is 6.54 Å². The normalized spacial score (nSPS) is 15.8. The third-order valence-electron chi connectivity index (χ3n) is 3.78. The SMILES string of the molecule is NC(=NCc1ccc(Br)cc1)N1CCN(c2ncccn2)CC1. The summed E-state index contributed by atoms with van der Waals surface area (Å²) in [7, 11) is 0. The molecule has 3 rings (SSSR count). The Balaban J connectivity index is 1.54. The average molecular weight is 375 g/mol. The highest BCUT2D eigenvalue weighted by atomic mass is 79.9. The fraction of sp³-hybridized carbons (Fsp3) is 0.312. The number of guanidine groups is 1. The first-order chi connectivity index (χ1) is 11.2. The molecular formula is C16H19BrN6. The van der Waals surface area contributed by atoms with Crippen molar-refractivity contribution in [2.75, 3.05) is 31.1 Å². The topological polar surface area (TPSA) is 70.6 Å². The first-order valence-electron chi connectivity index (χ1n) is 7.53. The maximum Gasteiger partial charge on any atom is 0.225 e. The molecule has 0 radical (unpaired) electrons. The molecule has 6 nitrogen and oxygen atoms in total. The van der Waals surface area contributed by atoms with E-state index >= 15 is 0 Å². The number of aliphatic imine (C=N–C) groups is 1. The van der Waals surface area contributed by atoms with Crippen molar-refractivity contribution in [2.45, 2.75) is 6.54 Å². The van der Waals surface area contributed by atoms with Crippen LogP contribution in [0.25, 0.3) is 0 Å². The van der Waals surface area contributed by atoms with Gasteiger partial charge >= 0.3 is 0 Å². The minimum absolute atomic E-state index is 0.598. The van der Waals surface area contributed by atoms with Crippen molar-refractivity contribution in [1.29, 1.82) is 0 Å². The second-order valence-electron chi connectivity index (χ2n) is 5.32. The Morgan fingerprint density at radius 1 is 1.09 bits per heavy atom. The standard InChI is InChI=1S/C16H19BrN6/c17-14-4-2-13(3-5-14)12-21-15(18)22-8-10-23(11-9-22)16-19-6-1-7-20-16/h1-7H,8-12H2,(H2,18,21). The van der Waals surface area contributed by atoms with Crippen LogP contribution in [0.4, 0.5) is 5.95 Å². The minimum atomic E-state index is 0.598. The number of nitrogens with two attached hydrogens (primary N) is 1. The molecule has 0 saturated carbocycles. The molecule has 0 unspecified atom stereocenters. The molecule has 2 N–H and O–H groups in total. The van der Waals surface area contributed by atoms with Gasteiger partial charge in [-0.25, -0.2) is 15.0 Å². The molecule has 0 spiro atoms. The first kappa shape index (κ1) is 15.7. The zero-order valence-electron chi connectivity index (χ0n) is 12.8. The van der Waals surface area contributed by atoms with E-state index in [1.54, 1.807) is 12.4 Å². The Hall–Kier alpha value is -2.15. The number of hydrogen-bond donors (Lipinski definition) is 1. The van der Waals surface area contributed by atoms with Gasteiger partial charge in [0.1, 0.15) is 0 Å². The van der Waals surface area contributed by atoms with Crippen LogP contribution in [0.15, 0.2) is 52.2 Å². The number of nitrogens with zero attached hydrogens (tertiary/aromatic N) is 5. The molecule has 1 fully saturated rings. The van der Waals surface area contributed by atoms with Gasteiger partial charge in [-0.1, -0.05) is 28.1 Å². The molecule has 2 aromatic rings. The molecule has 1 aromatic carbocycles. The summed E-state index contributed by atoms with van der Waals surface area (Å²) < 4.78 is 1.07. The Kier molecular flexibility index (Phi) is 5.07. The number of anilines is 1. The summed E-state index contributed by atoms with van der Waals surface area (Å²) >= 11 is 3.43. The van der Waals surface area contributed by atoms with Crippen LogP contribution >= 0.6 is 15.9 Å². The van der Waals surface area contributed by atoms with E-state index in [1.165, 1.54) is 0 Å². The lowest BCUT2D eigenvalue weighted by molar-refractivity contribution is 0.378. The van der Waals surface area contributed by atoms with Gasteiger partial charge in [-0.05, 0) is 23.8 Å². The third kappa shape index (κ3) is 4.19. The Morgan fingerprint density at radius 3 is 2.39 bits per heavy atom. The molecule has 2 heterocycles. The van der Waals surface area contributed by atoms with Crippen LogP contribution in [0.1, 0.15) is 5.56 Å². The van der Waals surface area contributed by atoms with Gasteiger partial charge in [0, 0.05) is 43.0 Å². The summed E-state index contributed by atoms with van der Waals surface area (Å²) in [6.45, 7) is 3.94. The third-order valence-corrected chi connectivity index (χ3v) is 4.30. The van der Waals surface area contributed by atoms with Crippen molar-refractivity contribution in [3.8, 4) is 0 Å². The number of hydrogen-bond acceptors (Lipinski definition) is 4. The van der Waals surface area contributed by atoms with Crippen LogP contribution < -0.4 is 10.6 Å². The van der Waals surface area contributed by atoms with E-state index in [2.05, 4.69) is 40.7 Å². The van der Waals surface area contributed by atoms with Gasteiger partial charge < -0.3 is 15.5 Å². The van der Waals surface area contributed by atoms with Crippen molar-refractivity contribution >= 4 is 27.8 Å². The lowest BCUT2D eigenvalue weighted by Crippen LogP contribution is -2.51. The predicted octanol–water partition coefficient (Wildman–Crippen LogP) is 1.88. The van der Waals surface area contributed by atoms with Crippen LogP contribution in [0, 0.1) is 0 Å². The monoisotopic (exact) mass is 374 g/mol. The summed E-state index contributed by atoms with van der Waals surface area (Å²) in [5, 5.41) is 0. The van der Waals surface area contributed by atoms with Crippen LogP contribution in [-0.2, 0) is 6.54 Å². The van der Waals surface area contributed by atoms with Crippen LogP contribution in [0.3, 0.4) is 0 Å². The van der Waals surface area contributed by atoms with E-state index in [-0.39, 0.29) is 0 Å². The van der Waals surface area contributed by atoms with Crippen molar-refractivity contribution < 1.29 is 0 Å². The Labute approximate surface area is 144 Å². The van der Waals surface area contributed by atoms with E-state index in [0.29, 0.717) is 12.5 Å². The van der Waals surface area contributed by atoms with Crippen molar-refractivity contribution in [2.24, 2.45) is 10.7 Å². The Bertz CT molecular complexity index is 650. The van der Waals surface area contributed by atoms with Crippen molar-refractivity contribution in [3.05, 3.63) is 52.8 Å². The minimum Gasteiger partial charge on any atom is -0.370 e. The largest absolute Gasteiger partial charge is 0.370 e. The fourth-order valence-corrected chi connectivity index (χ4v) is 2.72. The second kappa shape index (κ2) is 7.41. The van der Waals surface area contributed by atoms with Crippen molar-refractivity contribution in [1.82, 2.24) is 14.9 Å². The quantitative estimate of drug-likeness (QED) is 0.655. The molecule has 23 heavy (non-hydrogen) atoms. The summed E-state index contributed by atoms with van der Waals surface area (Å²) in [5.41, 5.74) is 7.27. The molecule has 0 atom stereocenters. The molecule has 1 saturated heterocycles. The highest BCUT2D eigenvalue weighted by Crippen LogP contribution is 2.12. The van der Waals surface area contributed by atoms with Crippen LogP contribution in [-0.4, -0.2) is 47.0 Å². The lowest BCUT2D eigenvalue weighted by atomic mass is 10.2. The Morgan fingerprint density at radius 2 is 1.74 bits per heavy atom. The maximum absolute atomic E-state index is 6.13. The molecule has 1 aliphatic heterocycles. The fourth-order valence-electron chi connectivity index (χ4n) is 2.45. The molecule has 0 bridgehead atoms. The van der Waals surface area contributed by atoms with E-state index in [0.717, 1.165) is 42.2 Å². The zero-order chi connectivity index (χ0) is 16.1. The van der Waals surface area contributed by atoms with Gasteiger partial charge in [-0.3, -0.25) is 0 Å². The highest BCUT2D eigenvalue weighted by Gasteiger charge is 2.19. The molecule has 1 aromatic heterocycles. The van der Waals surface area contributed by atoms with Gasteiger partial charge in [-0.15, -0.1) is 0 Å². The van der Waals surface area contributed by atoms with Gasteiger partial charge in [0.15, 0.2) is 5.96 Å². The number of piperazine rings is 1. The lowest BCUT2D eigenvalue weighted by Gasteiger charge is -2.35. The van der Waals surface area contributed by atoms with Gasteiger partial charge in [0.2, 0.25) is 5.95 Å². The van der Waals surface area contributed by atoms with E-state index in [4.69, 9.17) is 5.73 Å². The molecule has 0 amide bonds. The van der Waals surface area contributed by atoms with Gasteiger partial charge in [-0.2, -0.15) is 0 Å². The summed E-state index contributed by atoms with van der Waals surface area (Å²) in [6.07, 6.45) is 3.53. The molecule has 7 heteroatoms. The van der Waals surface area contributed by atoms with Gasteiger partial charge in [0.25, 0.3) is 0 Å². The molecular weight excluding hydrogens is 356 g/mol. The average Bonchev–Trinajstić information content (AvgIpc) is 2.62. The molecule has 1 aliphatic rings. The van der Waals surface area contributed by atoms with Crippen molar-refractivity contribution in [3.63, 3.8) is 0 Å². The number of halogens is 1. The molecule has 0 aliphatic carbocycles. The maximum atomic E-state index is 6.13. The summed E-state index contributed by atoms with van der Waals surface area (Å²) in [6, 6.07) is 9.95. The summed E-state index contributed by atoms with van der Waals surface area (Å²) in [5.74, 6) is 1.37. The number of benzene rings is 1. The summed E-state index contributed by atoms with van der Waals surface area (Å²) in [4.78, 5) is 17.3. The molecule has 120 valence electrons. The number of rotatable bonds is 3. The zero-order valence-corrected chi connectivity index (χ0v) is 14.4. The highest BCUT2D eigenvalue weighted by molar-refractivity contribution is 9.10. The predicted molar refractivity (Wildman–Crippen MR) is 95.3 cm³/mol. The van der Waals surface area contributed by atoms with E-state index in [9.17, 15) is 0 Å². The first-order valence-corrected chi connectivity index (χ1v) is 8.33.